The highest BCUT2D eigenvalue weighted by Crippen LogP contribution is 2.30. The molecule has 4 heteroatoms. The number of nitrogens with zero attached hydrogens (tertiary/aromatic N) is 2. The number of nitrogens with two attached hydrogens (primary N) is 1. The average Bonchev–Trinajstić information content (AvgIpc) is 2.66. The number of aromatic nitrogens is 2. The molecule has 0 amide bonds. The van der Waals surface area contributed by atoms with E-state index in [1.54, 1.807) is 6.20 Å². The first-order valence-corrected chi connectivity index (χ1v) is 9.05. The summed E-state index contributed by atoms with van der Waals surface area (Å²) in [6.07, 6.45) is 4.45. The molecule has 0 atom stereocenters. The summed E-state index contributed by atoms with van der Waals surface area (Å²) in [7, 11) is 0. The average molecular weight is 355 g/mol. The van der Waals surface area contributed by atoms with Gasteiger partial charge in [-0.05, 0) is 67.1 Å². The molecule has 0 saturated heterocycles. The minimum Gasteiger partial charge on any atom is -0.382 e. The van der Waals surface area contributed by atoms with Crippen LogP contribution in [0.15, 0.2) is 48.7 Å². The van der Waals surface area contributed by atoms with E-state index < -0.39 is 0 Å². The molecule has 4 nitrogen and oxygen atoms in total. The summed E-state index contributed by atoms with van der Waals surface area (Å²) in [6, 6.07) is 14.2. The fourth-order valence-electron chi connectivity index (χ4n) is 3.68. The lowest BCUT2D eigenvalue weighted by Gasteiger charge is -2.12. The number of anilines is 1. The summed E-state index contributed by atoms with van der Waals surface area (Å²) >= 11 is 0. The third kappa shape index (κ3) is 3.14. The van der Waals surface area contributed by atoms with Gasteiger partial charge in [-0.1, -0.05) is 24.3 Å². The maximum absolute atomic E-state index is 11.0. The normalized spacial score (nSPS) is 11.2. The molecule has 0 saturated carbocycles. The molecule has 2 N–H and O–H groups in total. The van der Waals surface area contributed by atoms with E-state index in [9.17, 15) is 4.79 Å². The van der Waals surface area contributed by atoms with Gasteiger partial charge in [0, 0.05) is 22.5 Å². The maximum atomic E-state index is 11.0. The van der Waals surface area contributed by atoms with Crippen molar-refractivity contribution in [2.24, 2.45) is 0 Å². The second kappa shape index (κ2) is 6.80. The molecule has 0 unspecified atom stereocenters. The Morgan fingerprint density at radius 3 is 2.59 bits per heavy atom. The van der Waals surface area contributed by atoms with Gasteiger partial charge in [0.25, 0.3) is 0 Å². The van der Waals surface area contributed by atoms with Crippen molar-refractivity contribution >= 4 is 33.9 Å². The minimum atomic E-state index is 0.469. The lowest BCUT2D eigenvalue weighted by Crippen LogP contribution is -2.00. The van der Waals surface area contributed by atoms with E-state index in [-0.39, 0.29) is 0 Å². The number of hydrogen-bond acceptors (Lipinski definition) is 4. The topological polar surface area (TPSA) is 68.9 Å². The summed E-state index contributed by atoms with van der Waals surface area (Å²) < 4.78 is 0. The van der Waals surface area contributed by atoms with E-state index in [0.29, 0.717) is 11.4 Å². The van der Waals surface area contributed by atoms with Gasteiger partial charge < -0.3 is 5.73 Å². The lowest BCUT2D eigenvalue weighted by molar-refractivity contribution is 0.112. The number of rotatable bonds is 4. The molecule has 2 heterocycles. The fraction of sp³-hybridized carbons (Fsp3) is 0.174. The molecule has 4 aromatic rings. The molecular weight excluding hydrogens is 334 g/mol. The highest BCUT2D eigenvalue weighted by molar-refractivity contribution is 6.09. The Morgan fingerprint density at radius 2 is 1.81 bits per heavy atom. The summed E-state index contributed by atoms with van der Waals surface area (Å²) in [5.41, 5.74) is 13.3. The van der Waals surface area contributed by atoms with Gasteiger partial charge in [0.05, 0.1) is 5.52 Å². The molecule has 0 aliphatic heterocycles. The van der Waals surface area contributed by atoms with Crippen molar-refractivity contribution in [3.63, 3.8) is 0 Å². The van der Waals surface area contributed by atoms with Crippen LogP contribution in [-0.4, -0.2) is 16.3 Å². The van der Waals surface area contributed by atoms with Gasteiger partial charge in [0.1, 0.15) is 11.8 Å². The Bertz CT molecular complexity index is 1180. The quantitative estimate of drug-likeness (QED) is 0.430. The molecule has 4 rings (SSSR count). The van der Waals surface area contributed by atoms with Crippen LogP contribution in [-0.2, 0) is 12.8 Å². The third-order valence-electron chi connectivity index (χ3n) is 5.11. The zero-order valence-electron chi connectivity index (χ0n) is 15.5. The van der Waals surface area contributed by atoms with Gasteiger partial charge in [0.15, 0.2) is 5.82 Å². The van der Waals surface area contributed by atoms with Crippen molar-refractivity contribution in [1.29, 1.82) is 0 Å². The van der Waals surface area contributed by atoms with Crippen LogP contribution in [0.2, 0.25) is 0 Å². The van der Waals surface area contributed by atoms with Crippen LogP contribution in [0.1, 0.15) is 32.6 Å². The number of carbonyl (C=O) groups excluding carboxylic acids is 1. The number of nitrogen functional groups attached to an aromatic ring is 1. The van der Waals surface area contributed by atoms with Gasteiger partial charge in [-0.15, -0.1) is 0 Å². The second-order valence-corrected chi connectivity index (χ2v) is 7.02. The summed E-state index contributed by atoms with van der Waals surface area (Å²) in [4.78, 5) is 20.0. The van der Waals surface area contributed by atoms with Gasteiger partial charge in [-0.2, -0.15) is 0 Å². The van der Waals surface area contributed by atoms with Crippen molar-refractivity contribution in [3.8, 4) is 0 Å². The van der Waals surface area contributed by atoms with Crippen LogP contribution >= 0.6 is 0 Å². The number of hydrogen-bond donors (Lipinski definition) is 1. The molecule has 0 spiro atoms. The van der Waals surface area contributed by atoms with Crippen LogP contribution in [0, 0.1) is 13.8 Å². The summed E-state index contributed by atoms with van der Waals surface area (Å²) in [5, 5.41) is 2.17. The molecule has 2 aromatic heterocycles. The van der Waals surface area contributed by atoms with E-state index in [1.165, 1.54) is 11.1 Å². The fourth-order valence-corrected chi connectivity index (χ4v) is 3.68. The smallest absolute Gasteiger partial charge is 0.150 e. The van der Waals surface area contributed by atoms with Crippen molar-refractivity contribution < 1.29 is 4.79 Å². The lowest BCUT2D eigenvalue weighted by atomic mass is 9.96. The monoisotopic (exact) mass is 355 g/mol. The van der Waals surface area contributed by atoms with E-state index in [1.807, 2.05) is 25.1 Å². The van der Waals surface area contributed by atoms with Gasteiger partial charge in [-0.3, -0.25) is 9.78 Å². The molecule has 0 bridgehead atoms. The standard InChI is InChI=1S/C23H21N3O/c1-14-3-8-19-20(11-14)26-23(24)22-21(19)18(9-10-25-22)7-6-17-5-4-16(13-27)12-15(17)2/h3-5,8-13H,6-7H2,1-2H3,(H2,24,26). The first-order valence-electron chi connectivity index (χ1n) is 9.05. The number of aryl methyl sites for hydroxylation is 4. The first kappa shape index (κ1) is 17.2. The highest BCUT2D eigenvalue weighted by Gasteiger charge is 2.12. The first-order chi connectivity index (χ1) is 13.1. The Kier molecular flexibility index (Phi) is 4.32. The summed E-state index contributed by atoms with van der Waals surface area (Å²) in [5.74, 6) is 0.469. The predicted molar refractivity (Wildman–Crippen MR) is 110 cm³/mol. The summed E-state index contributed by atoms with van der Waals surface area (Å²) in [6.45, 7) is 4.10. The zero-order valence-corrected chi connectivity index (χ0v) is 15.5. The van der Waals surface area contributed by atoms with Crippen LogP contribution in [0.3, 0.4) is 0 Å². The molecule has 27 heavy (non-hydrogen) atoms. The largest absolute Gasteiger partial charge is 0.382 e. The van der Waals surface area contributed by atoms with E-state index in [2.05, 4.69) is 41.2 Å². The van der Waals surface area contributed by atoms with E-state index in [0.717, 1.165) is 52.1 Å². The van der Waals surface area contributed by atoms with Crippen LogP contribution in [0.4, 0.5) is 5.82 Å². The van der Waals surface area contributed by atoms with Gasteiger partial charge in [-0.25, -0.2) is 4.98 Å². The molecule has 0 fully saturated rings. The molecule has 0 aliphatic carbocycles. The van der Waals surface area contributed by atoms with Crippen LogP contribution < -0.4 is 5.73 Å². The van der Waals surface area contributed by atoms with Crippen molar-refractivity contribution in [3.05, 3.63) is 76.5 Å². The molecule has 0 aliphatic rings. The SMILES string of the molecule is Cc1ccc2c(c1)nc(N)c1nccc(CCc3ccc(C=O)cc3C)c12. The predicted octanol–water partition coefficient (Wildman–Crippen LogP) is 4.58. The van der Waals surface area contributed by atoms with Crippen LogP contribution in [0.5, 0.6) is 0 Å². The molecule has 2 aromatic carbocycles. The van der Waals surface area contributed by atoms with E-state index in [4.69, 9.17) is 5.73 Å². The maximum Gasteiger partial charge on any atom is 0.150 e. The number of fused-ring (bicyclic) bond motifs is 3. The van der Waals surface area contributed by atoms with Crippen molar-refractivity contribution in [2.75, 3.05) is 5.73 Å². The third-order valence-corrected chi connectivity index (χ3v) is 5.11. The number of aldehydes is 1. The Hall–Kier alpha value is -3.27. The van der Waals surface area contributed by atoms with E-state index >= 15 is 0 Å². The van der Waals surface area contributed by atoms with Crippen molar-refractivity contribution in [2.45, 2.75) is 26.7 Å². The number of benzene rings is 2. The minimum absolute atomic E-state index is 0.469. The number of carbonyl (C=O) groups is 1. The van der Waals surface area contributed by atoms with Gasteiger partial charge >= 0.3 is 0 Å². The number of pyridine rings is 2. The Labute approximate surface area is 158 Å². The Balaban J connectivity index is 1.80. The molecule has 0 radical (unpaired) electrons. The van der Waals surface area contributed by atoms with Crippen LogP contribution in [0.25, 0.3) is 21.8 Å². The van der Waals surface area contributed by atoms with Gasteiger partial charge in [0.2, 0.25) is 0 Å². The van der Waals surface area contributed by atoms with Crippen molar-refractivity contribution in [1.82, 2.24) is 9.97 Å². The zero-order chi connectivity index (χ0) is 19.0. The highest BCUT2D eigenvalue weighted by atomic mass is 16.1. The molecule has 134 valence electrons. The Morgan fingerprint density at radius 1 is 1.00 bits per heavy atom. The second-order valence-electron chi connectivity index (χ2n) is 7.02. The molecular formula is C23H21N3O.